The first-order valence-electron chi connectivity index (χ1n) is 7.90. The molecule has 0 saturated carbocycles. The van der Waals surface area contributed by atoms with Crippen molar-refractivity contribution in [2.75, 3.05) is 0 Å². The molecule has 0 radical (unpaired) electrons. The van der Waals surface area contributed by atoms with Crippen molar-refractivity contribution < 1.29 is 19.1 Å². The Morgan fingerprint density at radius 1 is 1.17 bits per heavy atom. The average molecular weight is 327 g/mol. The maximum Gasteiger partial charge on any atom is 0.313 e. The molecule has 0 aliphatic carbocycles. The second-order valence-corrected chi connectivity index (χ2v) is 5.94. The molecular formula is C19H18FNO3. The van der Waals surface area contributed by atoms with Gasteiger partial charge < -0.3 is 10.0 Å². The predicted molar refractivity (Wildman–Crippen MR) is 87.2 cm³/mol. The number of nitrogens with zero attached hydrogens (tertiary/aromatic N) is 1. The highest BCUT2D eigenvalue weighted by Crippen LogP contribution is 2.36. The number of fused-ring (bicyclic) bond motifs is 1. The number of benzene rings is 2. The van der Waals surface area contributed by atoms with Gasteiger partial charge in [0.05, 0.1) is 0 Å². The van der Waals surface area contributed by atoms with E-state index in [9.17, 15) is 19.1 Å². The first-order valence-corrected chi connectivity index (χ1v) is 7.90. The monoisotopic (exact) mass is 327 g/mol. The summed E-state index contributed by atoms with van der Waals surface area (Å²) in [5, 5.41) is 9.71. The van der Waals surface area contributed by atoms with Crippen molar-refractivity contribution in [2.45, 2.75) is 31.8 Å². The van der Waals surface area contributed by atoms with Crippen LogP contribution < -0.4 is 0 Å². The van der Waals surface area contributed by atoms with Crippen LogP contribution in [0.2, 0.25) is 0 Å². The van der Waals surface area contributed by atoms with E-state index in [-0.39, 0.29) is 18.3 Å². The number of carbonyl (C=O) groups is 2. The van der Waals surface area contributed by atoms with Crippen LogP contribution in [-0.4, -0.2) is 27.9 Å². The van der Waals surface area contributed by atoms with Crippen LogP contribution in [0.5, 0.6) is 0 Å². The standard InChI is InChI=1S/C19H18FNO3/c1-2-16-17(19(23)24)14-5-3-4-6-15(14)18(22)21(16)11-12-7-9-13(20)10-8-12/h3-10,16-17H,2,11H2,1H3,(H,23,24). The topological polar surface area (TPSA) is 57.6 Å². The number of hydrogen-bond acceptors (Lipinski definition) is 2. The Morgan fingerprint density at radius 2 is 1.83 bits per heavy atom. The van der Waals surface area contributed by atoms with Gasteiger partial charge in [-0.3, -0.25) is 9.59 Å². The number of halogens is 1. The molecule has 1 aliphatic heterocycles. The fourth-order valence-electron chi connectivity index (χ4n) is 3.38. The minimum atomic E-state index is -0.939. The summed E-state index contributed by atoms with van der Waals surface area (Å²) in [6.07, 6.45) is 0.526. The van der Waals surface area contributed by atoms with E-state index in [1.54, 1.807) is 41.3 Å². The molecule has 5 heteroatoms. The van der Waals surface area contributed by atoms with Crippen LogP contribution in [0.15, 0.2) is 48.5 Å². The van der Waals surface area contributed by atoms with Gasteiger partial charge in [0, 0.05) is 18.2 Å². The van der Waals surface area contributed by atoms with Gasteiger partial charge in [-0.2, -0.15) is 0 Å². The van der Waals surface area contributed by atoms with E-state index in [0.29, 0.717) is 17.5 Å². The molecule has 2 atom stereocenters. The normalized spacial score (nSPS) is 19.9. The van der Waals surface area contributed by atoms with E-state index in [1.807, 2.05) is 6.92 Å². The molecule has 1 heterocycles. The number of amides is 1. The second-order valence-electron chi connectivity index (χ2n) is 5.94. The molecule has 0 aromatic heterocycles. The van der Waals surface area contributed by atoms with Crippen LogP contribution in [0, 0.1) is 5.82 Å². The van der Waals surface area contributed by atoms with Crippen molar-refractivity contribution in [2.24, 2.45) is 0 Å². The van der Waals surface area contributed by atoms with Crippen molar-refractivity contribution >= 4 is 11.9 Å². The number of carboxylic acids is 1. The fourth-order valence-corrected chi connectivity index (χ4v) is 3.38. The molecule has 1 N–H and O–H groups in total. The fraction of sp³-hybridized carbons (Fsp3) is 0.263. The van der Waals surface area contributed by atoms with E-state index in [4.69, 9.17) is 0 Å². The van der Waals surface area contributed by atoms with E-state index in [0.717, 1.165) is 5.56 Å². The number of aliphatic carboxylic acids is 1. The van der Waals surface area contributed by atoms with Crippen molar-refractivity contribution in [1.29, 1.82) is 0 Å². The lowest BCUT2D eigenvalue weighted by molar-refractivity contribution is -0.140. The van der Waals surface area contributed by atoms with Crippen molar-refractivity contribution in [1.82, 2.24) is 4.90 Å². The minimum absolute atomic E-state index is 0.181. The Balaban J connectivity index is 2.03. The summed E-state index contributed by atoms with van der Waals surface area (Å²) in [5.74, 6) is -2.22. The molecule has 24 heavy (non-hydrogen) atoms. The molecule has 0 saturated heterocycles. The van der Waals surface area contributed by atoms with Crippen molar-refractivity contribution in [3.63, 3.8) is 0 Å². The molecule has 3 rings (SSSR count). The summed E-state index contributed by atoms with van der Waals surface area (Å²) in [7, 11) is 0. The third-order valence-corrected chi connectivity index (χ3v) is 4.52. The molecule has 2 aromatic carbocycles. The van der Waals surface area contributed by atoms with Crippen LogP contribution in [0.1, 0.15) is 40.7 Å². The van der Waals surface area contributed by atoms with Crippen LogP contribution in [0.4, 0.5) is 4.39 Å². The largest absolute Gasteiger partial charge is 0.481 e. The summed E-state index contributed by atoms with van der Waals surface area (Å²) >= 11 is 0. The van der Waals surface area contributed by atoms with Crippen molar-refractivity contribution in [3.8, 4) is 0 Å². The molecule has 1 amide bonds. The van der Waals surface area contributed by atoms with Gasteiger partial charge in [-0.1, -0.05) is 37.3 Å². The summed E-state index contributed by atoms with van der Waals surface area (Å²) < 4.78 is 13.1. The quantitative estimate of drug-likeness (QED) is 0.936. The van der Waals surface area contributed by atoms with Gasteiger partial charge in [0.2, 0.25) is 0 Å². The predicted octanol–water partition coefficient (Wildman–Crippen LogP) is 3.43. The third-order valence-electron chi connectivity index (χ3n) is 4.52. The number of carboxylic acid groups (broad SMARTS) is 1. The number of carbonyl (C=O) groups excluding carboxylic acids is 1. The molecule has 2 unspecified atom stereocenters. The Kier molecular flexibility index (Phi) is 4.34. The highest BCUT2D eigenvalue weighted by Gasteiger charge is 2.42. The highest BCUT2D eigenvalue weighted by molar-refractivity contribution is 6.00. The Labute approximate surface area is 139 Å². The molecule has 1 aliphatic rings. The van der Waals surface area contributed by atoms with Gasteiger partial charge in [-0.15, -0.1) is 0 Å². The first kappa shape index (κ1) is 16.2. The SMILES string of the molecule is CCC1C(C(=O)O)c2ccccc2C(=O)N1Cc1ccc(F)cc1. The lowest BCUT2D eigenvalue weighted by Crippen LogP contribution is -2.49. The van der Waals surface area contributed by atoms with Gasteiger partial charge in [-0.05, 0) is 35.7 Å². The first-order chi connectivity index (χ1) is 11.5. The Morgan fingerprint density at radius 3 is 2.46 bits per heavy atom. The van der Waals surface area contributed by atoms with Crippen LogP contribution in [-0.2, 0) is 11.3 Å². The molecule has 0 bridgehead atoms. The van der Waals surface area contributed by atoms with Crippen LogP contribution in [0.3, 0.4) is 0 Å². The summed E-state index contributed by atoms with van der Waals surface area (Å²) in [4.78, 5) is 26.3. The van der Waals surface area contributed by atoms with Gasteiger partial charge in [0.25, 0.3) is 5.91 Å². The molecule has 2 aromatic rings. The van der Waals surface area contributed by atoms with E-state index >= 15 is 0 Å². The van der Waals surface area contributed by atoms with Gasteiger partial charge in [0.15, 0.2) is 0 Å². The zero-order valence-corrected chi connectivity index (χ0v) is 13.3. The molecule has 0 spiro atoms. The Hall–Kier alpha value is -2.69. The van der Waals surface area contributed by atoms with Gasteiger partial charge >= 0.3 is 5.97 Å². The summed E-state index contributed by atoms with van der Waals surface area (Å²) in [6.45, 7) is 2.13. The minimum Gasteiger partial charge on any atom is -0.481 e. The molecule has 0 fully saturated rings. The average Bonchev–Trinajstić information content (AvgIpc) is 2.58. The highest BCUT2D eigenvalue weighted by atomic mass is 19.1. The smallest absolute Gasteiger partial charge is 0.313 e. The van der Waals surface area contributed by atoms with Crippen LogP contribution in [0.25, 0.3) is 0 Å². The molecule has 4 nitrogen and oxygen atoms in total. The lowest BCUT2D eigenvalue weighted by atomic mass is 9.81. The van der Waals surface area contributed by atoms with Gasteiger partial charge in [-0.25, -0.2) is 4.39 Å². The van der Waals surface area contributed by atoms with Crippen molar-refractivity contribution in [3.05, 3.63) is 71.0 Å². The number of hydrogen-bond donors (Lipinski definition) is 1. The van der Waals surface area contributed by atoms with Gasteiger partial charge in [0.1, 0.15) is 11.7 Å². The summed E-state index contributed by atoms with van der Waals surface area (Å²) in [6, 6.07) is 12.3. The maximum absolute atomic E-state index is 13.1. The second kappa shape index (κ2) is 6.43. The lowest BCUT2D eigenvalue weighted by Gasteiger charge is -2.40. The summed E-state index contributed by atoms with van der Waals surface area (Å²) in [5.41, 5.74) is 1.76. The third kappa shape index (κ3) is 2.77. The maximum atomic E-state index is 13.1. The number of rotatable bonds is 4. The zero-order valence-electron chi connectivity index (χ0n) is 13.3. The molecular weight excluding hydrogens is 309 g/mol. The molecule has 124 valence electrons. The van der Waals surface area contributed by atoms with E-state index in [2.05, 4.69) is 0 Å². The van der Waals surface area contributed by atoms with E-state index < -0.39 is 17.9 Å². The zero-order chi connectivity index (χ0) is 17.3. The van der Waals surface area contributed by atoms with E-state index in [1.165, 1.54) is 12.1 Å². The van der Waals surface area contributed by atoms with Crippen LogP contribution >= 0.6 is 0 Å². The Bertz CT molecular complexity index is 772.